The molecule has 1 aromatic rings. The molecule has 1 amide bonds. The van der Waals surface area contributed by atoms with E-state index in [1.807, 2.05) is 6.92 Å². The molecule has 0 spiro atoms. The quantitative estimate of drug-likeness (QED) is 0.683. The molecule has 6 nitrogen and oxygen atoms in total. The lowest BCUT2D eigenvalue weighted by molar-refractivity contribution is -0.118. The third kappa shape index (κ3) is 4.68. The third-order valence-corrected chi connectivity index (χ3v) is 6.10. The zero-order chi connectivity index (χ0) is 17.0. The lowest BCUT2D eigenvalue weighted by Crippen LogP contribution is -2.33. The lowest BCUT2D eigenvalue weighted by atomic mass is 10.1. The molecule has 1 unspecified atom stereocenters. The van der Waals surface area contributed by atoms with Crippen LogP contribution in [-0.4, -0.2) is 27.0 Å². The van der Waals surface area contributed by atoms with Crippen molar-refractivity contribution < 1.29 is 17.9 Å². The number of hydrogen-bond acceptors (Lipinski definition) is 4. The second-order valence-corrected chi connectivity index (χ2v) is 8.17. The minimum Gasteiger partial charge on any atom is -0.482 e. The number of anilines is 1. The van der Waals surface area contributed by atoms with Gasteiger partial charge in [-0.1, -0.05) is 26.2 Å². The van der Waals surface area contributed by atoms with Gasteiger partial charge in [0.15, 0.2) is 6.61 Å². The highest BCUT2D eigenvalue weighted by molar-refractivity contribution is 9.10. The molecule has 1 atom stereocenters. The van der Waals surface area contributed by atoms with Crippen molar-refractivity contribution in [3.8, 4) is 5.75 Å². The van der Waals surface area contributed by atoms with Gasteiger partial charge >= 0.3 is 0 Å². The normalized spacial score (nSPS) is 15.5. The van der Waals surface area contributed by atoms with Gasteiger partial charge in [-0.15, -0.1) is 0 Å². The lowest BCUT2D eigenvalue weighted by Gasteiger charge is -2.20. The van der Waals surface area contributed by atoms with E-state index in [2.05, 4.69) is 32.9 Å². The Morgan fingerprint density at radius 2 is 2.13 bits per heavy atom. The van der Waals surface area contributed by atoms with Crippen LogP contribution in [0.5, 0.6) is 5.75 Å². The molecule has 2 N–H and O–H groups in total. The largest absolute Gasteiger partial charge is 0.482 e. The van der Waals surface area contributed by atoms with E-state index in [1.54, 1.807) is 6.07 Å². The summed E-state index contributed by atoms with van der Waals surface area (Å²) in [5.41, 5.74) is 0.461. The Morgan fingerprint density at radius 1 is 1.39 bits per heavy atom. The Morgan fingerprint density at radius 3 is 2.83 bits per heavy atom. The minimum atomic E-state index is -3.66. The number of benzene rings is 1. The molecule has 0 radical (unpaired) electrons. The van der Waals surface area contributed by atoms with Gasteiger partial charge < -0.3 is 10.1 Å². The highest BCUT2D eigenvalue weighted by Gasteiger charge is 2.25. The number of carbonyl (C=O) groups is 1. The molecule has 1 aliphatic rings. The summed E-state index contributed by atoms with van der Waals surface area (Å²) in [6.45, 7) is 3.85. The average Bonchev–Trinajstić information content (AvgIpc) is 2.45. The van der Waals surface area contributed by atoms with Crippen molar-refractivity contribution >= 4 is 37.5 Å². The number of carbonyl (C=O) groups excluding carboxylic acids is 1. The van der Waals surface area contributed by atoms with Crippen LogP contribution < -0.4 is 14.8 Å². The maximum Gasteiger partial charge on any atom is 0.262 e. The number of hydrogen-bond donors (Lipinski definition) is 2. The summed E-state index contributed by atoms with van der Waals surface area (Å²) >= 11 is 3.26. The summed E-state index contributed by atoms with van der Waals surface area (Å²) in [6, 6.07) is 2.83. The molecule has 8 heteroatoms. The first-order chi connectivity index (χ1) is 10.8. The van der Waals surface area contributed by atoms with Crippen LogP contribution in [0.3, 0.4) is 0 Å². The van der Waals surface area contributed by atoms with Crippen molar-refractivity contribution in [2.75, 3.05) is 11.9 Å². The number of ether oxygens (including phenoxy) is 1. The predicted molar refractivity (Wildman–Crippen MR) is 92.2 cm³/mol. The van der Waals surface area contributed by atoms with Crippen molar-refractivity contribution in [3.05, 3.63) is 16.6 Å². The van der Waals surface area contributed by atoms with E-state index < -0.39 is 10.0 Å². The molecule has 128 valence electrons. The molecular formula is C15H21BrN2O4S. The van der Waals surface area contributed by atoms with Gasteiger partial charge in [0.1, 0.15) is 5.75 Å². The van der Waals surface area contributed by atoms with E-state index in [1.165, 1.54) is 6.07 Å². The fourth-order valence-corrected chi connectivity index (χ4v) is 4.71. The zero-order valence-electron chi connectivity index (χ0n) is 13.2. The monoisotopic (exact) mass is 404 g/mol. The highest BCUT2D eigenvalue weighted by atomic mass is 79.9. The fourth-order valence-electron chi connectivity index (χ4n) is 2.38. The molecule has 0 bridgehead atoms. The fraction of sp³-hybridized carbons (Fsp3) is 0.533. The maximum absolute atomic E-state index is 12.6. The molecule has 2 rings (SSSR count). The van der Waals surface area contributed by atoms with Crippen LogP contribution in [0.1, 0.15) is 39.5 Å². The van der Waals surface area contributed by atoms with Gasteiger partial charge in [-0.25, -0.2) is 13.1 Å². The summed E-state index contributed by atoms with van der Waals surface area (Å²) in [5.74, 6) is 0.0921. The average molecular weight is 405 g/mol. The van der Waals surface area contributed by atoms with Crippen molar-refractivity contribution in [3.63, 3.8) is 0 Å². The number of unbranched alkanes of at least 4 members (excludes halogenated alkanes) is 2. The van der Waals surface area contributed by atoms with E-state index in [0.717, 1.165) is 25.7 Å². The van der Waals surface area contributed by atoms with Gasteiger partial charge in [-0.05, 0) is 35.3 Å². The topological polar surface area (TPSA) is 84.5 Å². The molecule has 1 aliphatic heterocycles. The first kappa shape index (κ1) is 18.2. The van der Waals surface area contributed by atoms with Gasteiger partial charge in [-0.3, -0.25) is 4.79 Å². The predicted octanol–water partition coefficient (Wildman–Crippen LogP) is 3.03. The highest BCUT2D eigenvalue weighted by Crippen LogP contribution is 2.35. The van der Waals surface area contributed by atoms with Crippen LogP contribution >= 0.6 is 15.9 Å². The summed E-state index contributed by atoms with van der Waals surface area (Å²) in [6.07, 6.45) is 3.96. The molecule has 1 aromatic carbocycles. The number of halogens is 1. The molecule has 0 aliphatic carbocycles. The van der Waals surface area contributed by atoms with Crippen LogP contribution in [-0.2, 0) is 14.8 Å². The van der Waals surface area contributed by atoms with Gasteiger partial charge in [0.2, 0.25) is 10.0 Å². The van der Waals surface area contributed by atoms with Crippen molar-refractivity contribution in [2.24, 2.45) is 0 Å². The number of rotatable bonds is 7. The maximum atomic E-state index is 12.6. The smallest absolute Gasteiger partial charge is 0.262 e. The summed E-state index contributed by atoms with van der Waals surface area (Å²) in [5, 5.41) is 2.65. The van der Waals surface area contributed by atoms with Crippen LogP contribution in [0.2, 0.25) is 0 Å². The van der Waals surface area contributed by atoms with Gasteiger partial charge in [0.05, 0.1) is 10.6 Å². The van der Waals surface area contributed by atoms with E-state index in [0.29, 0.717) is 15.9 Å². The third-order valence-electron chi connectivity index (χ3n) is 3.55. The minimum absolute atomic E-state index is 0.106. The zero-order valence-corrected chi connectivity index (χ0v) is 15.6. The molecule has 0 saturated heterocycles. The molecule has 0 aromatic heterocycles. The Kier molecular flexibility index (Phi) is 6.05. The van der Waals surface area contributed by atoms with E-state index >= 15 is 0 Å². The molecule has 23 heavy (non-hydrogen) atoms. The molecular weight excluding hydrogens is 384 g/mol. The molecule has 1 heterocycles. The van der Waals surface area contributed by atoms with Crippen LogP contribution in [0.4, 0.5) is 5.69 Å². The summed E-state index contributed by atoms with van der Waals surface area (Å²) in [7, 11) is -3.66. The van der Waals surface area contributed by atoms with Crippen molar-refractivity contribution in [1.29, 1.82) is 0 Å². The van der Waals surface area contributed by atoms with Crippen molar-refractivity contribution in [2.45, 2.75) is 50.5 Å². The van der Waals surface area contributed by atoms with E-state index in [9.17, 15) is 13.2 Å². The van der Waals surface area contributed by atoms with E-state index in [4.69, 9.17) is 4.74 Å². The number of amides is 1. The first-order valence-electron chi connectivity index (χ1n) is 7.62. The summed E-state index contributed by atoms with van der Waals surface area (Å²) in [4.78, 5) is 11.4. The first-order valence-corrected chi connectivity index (χ1v) is 9.89. The van der Waals surface area contributed by atoms with Gasteiger partial charge in [-0.2, -0.15) is 0 Å². The van der Waals surface area contributed by atoms with Gasteiger partial charge in [0, 0.05) is 16.6 Å². The van der Waals surface area contributed by atoms with E-state index in [-0.39, 0.29) is 23.5 Å². The number of fused-ring (bicyclic) bond motifs is 1. The standard InChI is InChI=1S/C15H21BrN2O4S/c1-3-4-5-6-10(2)18-23(20,21)14-8-13-12(7-11(14)16)17-15(19)9-22-13/h7-8,10,18H,3-6,9H2,1-2H3,(H,17,19). The molecule has 0 fully saturated rings. The number of sulfonamides is 1. The van der Waals surface area contributed by atoms with Crippen LogP contribution in [0, 0.1) is 0 Å². The summed E-state index contributed by atoms with van der Waals surface area (Å²) < 4.78 is 33.5. The second-order valence-electron chi connectivity index (χ2n) is 5.63. The second kappa shape index (κ2) is 7.63. The Labute approximate surface area is 145 Å². The Balaban J connectivity index is 2.18. The van der Waals surface area contributed by atoms with Crippen LogP contribution in [0.25, 0.3) is 0 Å². The Bertz CT molecular complexity index is 691. The molecule has 0 saturated carbocycles. The Hall–Kier alpha value is -1.12. The van der Waals surface area contributed by atoms with Crippen LogP contribution in [0.15, 0.2) is 21.5 Å². The van der Waals surface area contributed by atoms with Gasteiger partial charge in [0.25, 0.3) is 5.91 Å². The number of nitrogens with one attached hydrogen (secondary N) is 2. The van der Waals surface area contributed by atoms with Crippen molar-refractivity contribution in [1.82, 2.24) is 4.72 Å². The SMILES string of the molecule is CCCCCC(C)NS(=O)(=O)c1cc2c(cc1Br)NC(=O)CO2.